The number of hydrogen-bond donors (Lipinski definition) is 1. The van der Waals surface area contributed by atoms with Crippen molar-refractivity contribution >= 4 is 48.3 Å². The fraction of sp³-hybridized carbons (Fsp3) is 0.222. The second-order valence-electron chi connectivity index (χ2n) is 3.06. The molecule has 0 aliphatic carbocycles. The maximum absolute atomic E-state index is 4.30. The maximum Gasteiger partial charge on any atom is 0.205 e. The average Bonchev–Trinajstić information content (AvgIpc) is 2.63. The Balaban J connectivity index is 2.04. The van der Waals surface area contributed by atoms with Gasteiger partial charge in [-0.15, -0.1) is 10.2 Å². The third-order valence-corrected chi connectivity index (χ3v) is 3.73. The Morgan fingerprint density at radius 1 is 1.38 bits per heavy atom. The van der Waals surface area contributed by atoms with Crippen LogP contribution in [0.5, 0.6) is 0 Å². The van der Waals surface area contributed by atoms with Gasteiger partial charge in [0.1, 0.15) is 5.01 Å². The number of hydrogen-bond acceptors (Lipinski definition) is 5. The molecular formula is C9H8Br2N4S. The van der Waals surface area contributed by atoms with Gasteiger partial charge in [-0.05, 0) is 44.8 Å². The number of nitrogens with zero attached hydrogens (tertiary/aromatic N) is 3. The van der Waals surface area contributed by atoms with Crippen LogP contribution in [-0.4, -0.2) is 15.2 Å². The highest BCUT2D eigenvalue weighted by Crippen LogP contribution is 2.21. The lowest BCUT2D eigenvalue weighted by Crippen LogP contribution is -2.02. The molecule has 0 aliphatic heterocycles. The largest absolute Gasteiger partial charge is 0.354 e. The molecular weight excluding hydrogens is 356 g/mol. The van der Waals surface area contributed by atoms with Crippen molar-refractivity contribution in [3.05, 3.63) is 31.9 Å². The lowest BCUT2D eigenvalue weighted by molar-refractivity contribution is 0.991. The SMILES string of the molecule is Cc1nnc(NCc2ncc(Br)cc2Br)s1. The van der Waals surface area contributed by atoms with E-state index in [0.29, 0.717) is 6.54 Å². The highest BCUT2D eigenvalue weighted by Gasteiger charge is 2.04. The molecule has 2 aromatic heterocycles. The molecule has 2 heterocycles. The smallest absolute Gasteiger partial charge is 0.205 e. The van der Waals surface area contributed by atoms with Crippen LogP contribution in [0.4, 0.5) is 5.13 Å². The summed E-state index contributed by atoms with van der Waals surface area (Å²) in [5.74, 6) is 0. The Labute approximate surface area is 114 Å². The zero-order valence-corrected chi connectivity index (χ0v) is 12.4. The van der Waals surface area contributed by atoms with Crippen LogP contribution in [0.25, 0.3) is 0 Å². The van der Waals surface area contributed by atoms with Crippen LogP contribution >= 0.6 is 43.2 Å². The Kier molecular flexibility index (Phi) is 3.88. The first kappa shape index (κ1) is 11.9. The van der Waals surface area contributed by atoms with Crippen LogP contribution < -0.4 is 5.32 Å². The van der Waals surface area contributed by atoms with Gasteiger partial charge in [0.05, 0.1) is 12.2 Å². The fourth-order valence-electron chi connectivity index (χ4n) is 1.10. The molecule has 0 saturated carbocycles. The second-order valence-corrected chi connectivity index (χ2v) is 6.01. The number of rotatable bonds is 3. The Morgan fingerprint density at radius 2 is 2.19 bits per heavy atom. The summed E-state index contributed by atoms with van der Waals surface area (Å²) in [6, 6.07) is 1.97. The van der Waals surface area contributed by atoms with E-state index in [9.17, 15) is 0 Å². The monoisotopic (exact) mass is 362 g/mol. The van der Waals surface area contributed by atoms with E-state index in [4.69, 9.17) is 0 Å². The number of halogens is 2. The predicted molar refractivity (Wildman–Crippen MR) is 71.6 cm³/mol. The molecule has 0 fully saturated rings. The summed E-state index contributed by atoms with van der Waals surface area (Å²) in [4.78, 5) is 4.30. The van der Waals surface area contributed by atoms with Crippen molar-refractivity contribution in [2.75, 3.05) is 5.32 Å². The summed E-state index contributed by atoms with van der Waals surface area (Å²) >= 11 is 8.35. The molecule has 4 nitrogen and oxygen atoms in total. The molecule has 2 rings (SSSR count). The van der Waals surface area contributed by atoms with E-state index in [-0.39, 0.29) is 0 Å². The molecule has 2 aromatic rings. The van der Waals surface area contributed by atoms with Crippen LogP contribution in [0.1, 0.15) is 10.7 Å². The van der Waals surface area contributed by atoms with Gasteiger partial charge in [-0.3, -0.25) is 4.98 Å². The molecule has 0 radical (unpaired) electrons. The lowest BCUT2D eigenvalue weighted by Gasteiger charge is -2.04. The summed E-state index contributed by atoms with van der Waals surface area (Å²) in [5.41, 5.74) is 0.941. The first-order valence-corrected chi connectivity index (χ1v) is 6.89. The number of pyridine rings is 1. The van der Waals surface area contributed by atoms with E-state index >= 15 is 0 Å². The van der Waals surface area contributed by atoms with Gasteiger partial charge in [0, 0.05) is 15.1 Å². The van der Waals surface area contributed by atoms with Crippen molar-refractivity contribution in [1.82, 2.24) is 15.2 Å². The third kappa shape index (κ3) is 2.99. The van der Waals surface area contributed by atoms with Gasteiger partial charge < -0.3 is 5.32 Å². The van der Waals surface area contributed by atoms with E-state index in [1.807, 2.05) is 13.0 Å². The first-order valence-electron chi connectivity index (χ1n) is 4.49. The zero-order valence-electron chi connectivity index (χ0n) is 8.37. The van der Waals surface area contributed by atoms with Crippen molar-refractivity contribution in [2.45, 2.75) is 13.5 Å². The topological polar surface area (TPSA) is 50.7 Å². The summed E-state index contributed by atoms with van der Waals surface area (Å²) < 4.78 is 1.92. The van der Waals surface area contributed by atoms with E-state index < -0.39 is 0 Å². The quantitative estimate of drug-likeness (QED) is 0.908. The second kappa shape index (κ2) is 5.20. The maximum atomic E-state index is 4.30. The van der Waals surface area contributed by atoms with Crippen molar-refractivity contribution in [1.29, 1.82) is 0 Å². The molecule has 84 valence electrons. The Hall–Kier alpha value is -0.530. The zero-order chi connectivity index (χ0) is 11.5. The highest BCUT2D eigenvalue weighted by atomic mass is 79.9. The molecule has 16 heavy (non-hydrogen) atoms. The minimum absolute atomic E-state index is 0.627. The van der Waals surface area contributed by atoms with Crippen molar-refractivity contribution < 1.29 is 0 Å². The molecule has 0 atom stereocenters. The number of anilines is 1. The van der Waals surface area contributed by atoms with Crippen molar-refractivity contribution in [3.8, 4) is 0 Å². The fourth-order valence-corrected chi connectivity index (χ4v) is 2.82. The van der Waals surface area contributed by atoms with Crippen LogP contribution in [0.2, 0.25) is 0 Å². The van der Waals surface area contributed by atoms with E-state index in [1.165, 1.54) is 11.3 Å². The number of aryl methyl sites for hydroxylation is 1. The predicted octanol–water partition coefficient (Wildman–Crippen LogP) is 3.38. The van der Waals surface area contributed by atoms with Gasteiger partial charge in [-0.2, -0.15) is 0 Å². The molecule has 0 bridgehead atoms. The van der Waals surface area contributed by atoms with Crippen LogP contribution in [0, 0.1) is 6.92 Å². The molecule has 1 N–H and O–H groups in total. The van der Waals surface area contributed by atoms with Crippen molar-refractivity contribution in [2.24, 2.45) is 0 Å². The molecule has 0 aromatic carbocycles. The minimum atomic E-state index is 0.627. The Morgan fingerprint density at radius 3 is 2.81 bits per heavy atom. The van der Waals surface area contributed by atoms with E-state index in [0.717, 1.165) is 24.8 Å². The minimum Gasteiger partial charge on any atom is -0.354 e. The van der Waals surface area contributed by atoms with Gasteiger partial charge in [0.2, 0.25) is 5.13 Å². The summed E-state index contributed by atoms with van der Waals surface area (Å²) in [6.07, 6.45) is 1.77. The molecule has 0 saturated heterocycles. The van der Waals surface area contributed by atoms with Gasteiger partial charge >= 0.3 is 0 Å². The van der Waals surface area contributed by atoms with Gasteiger partial charge in [0.25, 0.3) is 0 Å². The summed E-state index contributed by atoms with van der Waals surface area (Å²) in [7, 11) is 0. The molecule has 0 spiro atoms. The number of nitrogens with one attached hydrogen (secondary N) is 1. The molecule has 0 unspecified atom stereocenters. The third-order valence-electron chi connectivity index (χ3n) is 1.82. The van der Waals surface area contributed by atoms with Crippen LogP contribution in [-0.2, 0) is 6.54 Å². The van der Waals surface area contributed by atoms with Gasteiger partial charge in [-0.25, -0.2) is 0 Å². The molecule has 0 amide bonds. The van der Waals surface area contributed by atoms with E-state index in [1.54, 1.807) is 6.20 Å². The lowest BCUT2D eigenvalue weighted by atomic mass is 10.3. The first-order chi connectivity index (χ1) is 7.65. The summed E-state index contributed by atoms with van der Waals surface area (Å²) in [5, 5.41) is 12.9. The standard InChI is InChI=1S/C9H8Br2N4S/c1-5-14-15-9(16-5)13-4-8-7(11)2-6(10)3-12-8/h2-3H,4H2,1H3,(H,13,15). The number of aromatic nitrogens is 3. The van der Waals surface area contributed by atoms with Gasteiger partial charge in [-0.1, -0.05) is 11.3 Å². The molecule has 0 aliphatic rings. The Bertz CT molecular complexity index is 500. The average molecular weight is 364 g/mol. The molecule has 7 heteroatoms. The summed E-state index contributed by atoms with van der Waals surface area (Å²) in [6.45, 7) is 2.55. The van der Waals surface area contributed by atoms with Crippen molar-refractivity contribution in [3.63, 3.8) is 0 Å². The highest BCUT2D eigenvalue weighted by molar-refractivity contribution is 9.11. The van der Waals surface area contributed by atoms with E-state index in [2.05, 4.69) is 52.4 Å². The van der Waals surface area contributed by atoms with Crippen LogP contribution in [0.3, 0.4) is 0 Å². The van der Waals surface area contributed by atoms with Crippen LogP contribution in [0.15, 0.2) is 21.2 Å². The van der Waals surface area contributed by atoms with Gasteiger partial charge in [0.15, 0.2) is 0 Å². The normalized spacial score (nSPS) is 10.4.